The fourth-order valence-corrected chi connectivity index (χ4v) is 1.61. The lowest BCUT2D eigenvalue weighted by Crippen LogP contribution is -2.38. The van der Waals surface area contributed by atoms with Crippen molar-refractivity contribution < 1.29 is 9.53 Å². The van der Waals surface area contributed by atoms with Crippen LogP contribution >= 0.6 is 0 Å². The molecule has 1 aliphatic heterocycles. The Bertz CT molecular complexity index is 461. The van der Waals surface area contributed by atoms with E-state index >= 15 is 0 Å². The van der Waals surface area contributed by atoms with Gasteiger partial charge in [0.25, 0.3) is 0 Å². The van der Waals surface area contributed by atoms with E-state index in [4.69, 9.17) is 4.74 Å². The van der Waals surface area contributed by atoms with Gasteiger partial charge < -0.3 is 4.74 Å². The average molecular weight is 232 g/mol. The Morgan fingerprint density at radius 1 is 1.47 bits per heavy atom. The van der Waals surface area contributed by atoms with E-state index in [0.29, 0.717) is 12.4 Å². The molecule has 1 amide bonds. The number of hydrogen-bond donors (Lipinski definition) is 0. The Balaban J connectivity index is 2.24. The van der Waals surface area contributed by atoms with Crippen LogP contribution in [0.2, 0.25) is 0 Å². The number of nitrogens with zero attached hydrogens (tertiary/aromatic N) is 2. The van der Waals surface area contributed by atoms with Crippen LogP contribution in [0.4, 0.5) is 10.6 Å². The van der Waals surface area contributed by atoms with Gasteiger partial charge in [0.1, 0.15) is 11.4 Å². The highest BCUT2D eigenvalue weighted by Crippen LogP contribution is 2.24. The average Bonchev–Trinajstić information content (AvgIpc) is 2.26. The Hall–Kier alpha value is -1.84. The number of anilines is 1. The summed E-state index contributed by atoms with van der Waals surface area (Å²) in [5.74, 6) is 0.657. The highest BCUT2D eigenvalue weighted by atomic mass is 16.6. The summed E-state index contributed by atoms with van der Waals surface area (Å²) in [6, 6.07) is 3.77. The van der Waals surface area contributed by atoms with Crippen molar-refractivity contribution in [1.29, 1.82) is 0 Å². The predicted octanol–water partition coefficient (Wildman–Crippen LogP) is 2.85. The molecule has 4 heteroatoms. The van der Waals surface area contributed by atoms with E-state index in [1.807, 2.05) is 45.1 Å². The van der Waals surface area contributed by atoms with Gasteiger partial charge in [-0.1, -0.05) is 12.2 Å². The van der Waals surface area contributed by atoms with E-state index in [9.17, 15) is 4.79 Å². The quantitative estimate of drug-likeness (QED) is 0.690. The summed E-state index contributed by atoms with van der Waals surface area (Å²) in [6.07, 6.45) is 5.20. The molecule has 0 radical (unpaired) electrons. The summed E-state index contributed by atoms with van der Waals surface area (Å²) in [6.45, 7) is 6.05. The molecule has 17 heavy (non-hydrogen) atoms. The second-order valence-corrected chi connectivity index (χ2v) is 4.91. The number of pyridine rings is 1. The molecule has 0 bridgehead atoms. The van der Waals surface area contributed by atoms with Crippen LogP contribution in [0, 0.1) is 0 Å². The van der Waals surface area contributed by atoms with Gasteiger partial charge in [0.05, 0.1) is 0 Å². The van der Waals surface area contributed by atoms with Gasteiger partial charge in [0.2, 0.25) is 0 Å². The Kier molecular flexibility index (Phi) is 2.88. The monoisotopic (exact) mass is 232 g/mol. The smallest absolute Gasteiger partial charge is 0.416 e. The number of ether oxygens (including phenoxy) is 1. The second-order valence-electron chi connectivity index (χ2n) is 4.91. The van der Waals surface area contributed by atoms with Crippen LogP contribution in [-0.2, 0) is 4.74 Å². The first-order chi connectivity index (χ1) is 7.97. The third-order valence-corrected chi connectivity index (χ3v) is 2.27. The summed E-state index contributed by atoms with van der Waals surface area (Å²) in [5, 5.41) is 0. The molecular formula is C13H16N2O2. The van der Waals surface area contributed by atoms with Crippen LogP contribution in [0.5, 0.6) is 0 Å². The maximum absolute atomic E-state index is 12.0. The highest BCUT2D eigenvalue weighted by molar-refractivity contribution is 5.91. The lowest BCUT2D eigenvalue weighted by molar-refractivity contribution is 0.0583. The zero-order valence-electron chi connectivity index (χ0n) is 10.3. The number of carbonyl (C=O) groups excluding carboxylic acids is 1. The molecule has 2 heterocycles. The van der Waals surface area contributed by atoms with E-state index < -0.39 is 5.60 Å². The van der Waals surface area contributed by atoms with E-state index in [-0.39, 0.29) is 6.09 Å². The third-order valence-electron chi connectivity index (χ3n) is 2.27. The van der Waals surface area contributed by atoms with Crippen molar-refractivity contribution in [2.24, 2.45) is 0 Å². The molecular weight excluding hydrogens is 216 g/mol. The second kappa shape index (κ2) is 4.20. The molecule has 0 unspecified atom stereocenters. The van der Waals surface area contributed by atoms with Crippen molar-refractivity contribution in [3.05, 3.63) is 30.0 Å². The van der Waals surface area contributed by atoms with Gasteiger partial charge in [-0.2, -0.15) is 0 Å². The molecule has 0 aliphatic carbocycles. The van der Waals surface area contributed by atoms with Crippen molar-refractivity contribution in [3.63, 3.8) is 0 Å². The van der Waals surface area contributed by atoms with E-state index in [1.54, 1.807) is 11.1 Å². The van der Waals surface area contributed by atoms with E-state index in [2.05, 4.69) is 4.98 Å². The molecule has 1 aliphatic rings. The van der Waals surface area contributed by atoms with Gasteiger partial charge in [-0.25, -0.2) is 9.78 Å². The minimum Gasteiger partial charge on any atom is -0.443 e. The zero-order chi connectivity index (χ0) is 12.5. The molecule has 0 spiro atoms. The molecule has 2 rings (SSSR count). The van der Waals surface area contributed by atoms with Gasteiger partial charge in [0, 0.05) is 18.3 Å². The van der Waals surface area contributed by atoms with Crippen molar-refractivity contribution in [2.75, 3.05) is 11.4 Å². The Labute approximate surface area is 101 Å². The maximum atomic E-state index is 12.0. The standard InChI is InChI=1S/C13H16N2O2/c1-13(2,3)17-12(16)15-9-5-7-10-6-4-8-14-11(10)15/h4-8H,9H2,1-3H3. The third kappa shape index (κ3) is 2.64. The van der Waals surface area contributed by atoms with E-state index in [1.165, 1.54) is 0 Å². The molecule has 1 aromatic rings. The number of aromatic nitrogens is 1. The van der Waals surface area contributed by atoms with Crippen molar-refractivity contribution >= 4 is 18.0 Å². The molecule has 1 aromatic heterocycles. The lowest BCUT2D eigenvalue weighted by atomic mass is 10.1. The van der Waals surface area contributed by atoms with Crippen molar-refractivity contribution in [3.8, 4) is 0 Å². The molecule has 0 aromatic carbocycles. The SMILES string of the molecule is CC(C)(C)OC(=O)N1CC=Cc2cccnc21. The number of carbonyl (C=O) groups is 1. The summed E-state index contributed by atoms with van der Waals surface area (Å²) < 4.78 is 5.35. The Morgan fingerprint density at radius 2 is 2.24 bits per heavy atom. The largest absolute Gasteiger partial charge is 0.443 e. The van der Waals surface area contributed by atoms with Crippen LogP contribution in [-0.4, -0.2) is 23.2 Å². The summed E-state index contributed by atoms with van der Waals surface area (Å²) in [5.41, 5.74) is 0.442. The van der Waals surface area contributed by atoms with Crippen LogP contribution in [0.3, 0.4) is 0 Å². The Morgan fingerprint density at radius 3 is 2.94 bits per heavy atom. The van der Waals surface area contributed by atoms with Gasteiger partial charge in [-0.15, -0.1) is 0 Å². The number of fused-ring (bicyclic) bond motifs is 1. The van der Waals surface area contributed by atoms with Crippen LogP contribution in [0.1, 0.15) is 26.3 Å². The molecule has 0 atom stereocenters. The van der Waals surface area contributed by atoms with Gasteiger partial charge in [-0.05, 0) is 32.9 Å². The van der Waals surface area contributed by atoms with Crippen molar-refractivity contribution in [1.82, 2.24) is 4.98 Å². The minimum absolute atomic E-state index is 0.359. The number of hydrogen-bond acceptors (Lipinski definition) is 3. The maximum Gasteiger partial charge on any atom is 0.416 e. The summed E-state index contributed by atoms with van der Waals surface area (Å²) in [7, 11) is 0. The number of rotatable bonds is 0. The number of amides is 1. The van der Waals surface area contributed by atoms with Crippen molar-refractivity contribution in [2.45, 2.75) is 26.4 Å². The first-order valence-electron chi connectivity index (χ1n) is 5.59. The zero-order valence-corrected chi connectivity index (χ0v) is 10.3. The molecule has 0 N–H and O–H groups in total. The van der Waals surface area contributed by atoms with E-state index in [0.717, 1.165) is 5.56 Å². The van der Waals surface area contributed by atoms with Gasteiger partial charge in [-0.3, -0.25) is 4.90 Å². The van der Waals surface area contributed by atoms with Gasteiger partial charge in [0.15, 0.2) is 0 Å². The summed E-state index contributed by atoms with van der Waals surface area (Å²) >= 11 is 0. The normalized spacial score (nSPS) is 14.4. The highest BCUT2D eigenvalue weighted by Gasteiger charge is 2.26. The van der Waals surface area contributed by atoms with Crippen LogP contribution < -0.4 is 4.90 Å². The fraction of sp³-hybridized carbons (Fsp3) is 0.385. The summed E-state index contributed by atoms with van der Waals surface area (Å²) in [4.78, 5) is 17.8. The lowest BCUT2D eigenvalue weighted by Gasteiger charge is -2.28. The molecule has 0 saturated carbocycles. The molecule has 0 fully saturated rings. The van der Waals surface area contributed by atoms with Crippen LogP contribution in [0.25, 0.3) is 6.08 Å². The molecule has 4 nitrogen and oxygen atoms in total. The molecule has 90 valence electrons. The van der Waals surface area contributed by atoms with Crippen LogP contribution in [0.15, 0.2) is 24.4 Å². The first-order valence-corrected chi connectivity index (χ1v) is 5.59. The fourth-order valence-electron chi connectivity index (χ4n) is 1.61. The molecule has 0 saturated heterocycles. The predicted molar refractivity (Wildman–Crippen MR) is 66.9 cm³/mol. The van der Waals surface area contributed by atoms with Gasteiger partial charge >= 0.3 is 6.09 Å². The minimum atomic E-state index is -0.493. The topological polar surface area (TPSA) is 42.4 Å². The first kappa shape index (κ1) is 11.6.